The Balaban J connectivity index is 1.45. The fourth-order valence-electron chi connectivity index (χ4n) is 4.36. The number of nitrogens with zero attached hydrogens (tertiary/aromatic N) is 2. The maximum atomic E-state index is 12.0. The lowest BCUT2D eigenvalue weighted by Crippen LogP contribution is -2.44. The summed E-state index contributed by atoms with van der Waals surface area (Å²) in [6, 6.07) is 8.99. The van der Waals surface area contributed by atoms with Crippen LogP contribution >= 0.6 is 11.9 Å². The Hall–Kier alpha value is -1.48. The van der Waals surface area contributed by atoms with E-state index in [2.05, 4.69) is 38.8 Å². The van der Waals surface area contributed by atoms with Crippen molar-refractivity contribution < 1.29 is 19.0 Å². The molecule has 1 aromatic carbocycles. The quantitative estimate of drug-likeness (QED) is 0.469. The van der Waals surface area contributed by atoms with Crippen molar-refractivity contribution in [3.05, 3.63) is 24.3 Å². The molecule has 0 unspecified atom stereocenters. The van der Waals surface area contributed by atoms with Crippen LogP contribution in [0.4, 0.5) is 10.5 Å². The van der Waals surface area contributed by atoms with E-state index in [1.807, 2.05) is 32.7 Å². The SMILES string of the molecule is COC(OC)C1CCN(c2cccc(SN3CCC(NC(=O)OC(C)(C)C)CC3)c2)CC1. The number of rotatable bonds is 7. The molecule has 1 aromatic rings. The Morgan fingerprint density at radius 2 is 1.72 bits per heavy atom. The molecule has 0 saturated carbocycles. The lowest BCUT2D eigenvalue weighted by molar-refractivity contribution is -0.141. The molecule has 180 valence electrons. The first-order valence-electron chi connectivity index (χ1n) is 11.6. The summed E-state index contributed by atoms with van der Waals surface area (Å²) in [5, 5.41) is 3.01. The molecular weight excluding hydrogens is 426 g/mol. The minimum Gasteiger partial charge on any atom is -0.444 e. The summed E-state index contributed by atoms with van der Waals surface area (Å²) in [6.45, 7) is 9.58. The number of hydrogen-bond acceptors (Lipinski definition) is 7. The van der Waals surface area contributed by atoms with Gasteiger partial charge in [-0.3, -0.25) is 0 Å². The number of piperidine rings is 2. The summed E-state index contributed by atoms with van der Waals surface area (Å²) >= 11 is 1.81. The molecule has 7 nitrogen and oxygen atoms in total. The number of ether oxygens (including phenoxy) is 3. The van der Waals surface area contributed by atoms with Crippen molar-refractivity contribution in [2.24, 2.45) is 5.92 Å². The second-order valence-electron chi connectivity index (χ2n) is 9.60. The smallest absolute Gasteiger partial charge is 0.407 e. The van der Waals surface area contributed by atoms with Crippen molar-refractivity contribution in [2.75, 3.05) is 45.3 Å². The zero-order chi connectivity index (χ0) is 23.1. The third-order valence-corrected chi connectivity index (χ3v) is 7.07. The molecule has 2 heterocycles. The van der Waals surface area contributed by atoms with Gasteiger partial charge >= 0.3 is 6.09 Å². The summed E-state index contributed by atoms with van der Waals surface area (Å²) in [5.74, 6) is 0.453. The van der Waals surface area contributed by atoms with Crippen molar-refractivity contribution >= 4 is 23.7 Å². The van der Waals surface area contributed by atoms with E-state index in [1.54, 1.807) is 14.2 Å². The van der Waals surface area contributed by atoms with Gasteiger partial charge in [0.05, 0.1) is 0 Å². The summed E-state index contributed by atoms with van der Waals surface area (Å²) in [5.41, 5.74) is 0.817. The molecule has 0 aliphatic carbocycles. The highest BCUT2D eigenvalue weighted by molar-refractivity contribution is 7.97. The average molecular weight is 466 g/mol. The van der Waals surface area contributed by atoms with E-state index >= 15 is 0 Å². The topological polar surface area (TPSA) is 63.3 Å². The molecule has 0 spiro atoms. The molecule has 0 radical (unpaired) electrons. The Morgan fingerprint density at radius 1 is 1.06 bits per heavy atom. The predicted molar refractivity (Wildman–Crippen MR) is 129 cm³/mol. The number of methoxy groups -OCH3 is 2. The average Bonchev–Trinajstić information content (AvgIpc) is 2.75. The van der Waals surface area contributed by atoms with Crippen molar-refractivity contribution in [1.82, 2.24) is 9.62 Å². The molecule has 1 amide bonds. The molecule has 3 rings (SSSR count). The van der Waals surface area contributed by atoms with Crippen LogP contribution in [0.15, 0.2) is 29.2 Å². The van der Waals surface area contributed by atoms with Gasteiger partial charge in [-0.05, 0) is 76.6 Å². The second kappa shape index (κ2) is 11.6. The highest BCUT2D eigenvalue weighted by Crippen LogP contribution is 2.32. The number of carbonyl (C=O) groups is 1. The van der Waals surface area contributed by atoms with Crippen LogP contribution in [0.5, 0.6) is 0 Å². The normalized spacial score (nSPS) is 19.4. The van der Waals surface area contributed by atoms with Crippen LogP contribution < -0.4 is 10.2 Å². The van der Waals surface area contributed by atoms with Crippen molar-refractivity contribution in [1.29, 1.82) is 0 Å². The Kier molecular flexibility index (Phi) is 9.11. The fraction of sp³-hybridized carbons (Fsp3) is 0.708. The van der Waals surface area contributed by atoms with E-state index in [9.17, 15) is 4.79 Å². The summed E-state index contributed by atoms with van der Waals surface area (Å²) in [4.78, 5) is 15.7. The molecular formula is C24H39N3O4S. The summed E-state index contributed by atoms with van der Waals surface area (Å²) in [6.07, 6.45) is 3.58. The lowest BCUT2D eigenvalue weighted by Gasteiger charge is -2.36. The third-order valence-electron chi connectivity index (χ3n) is 5.98. The van der Waals surface area contributed by atoms with E-state index in [4.69, 9.17) is 14.2 Å². The van der Waals surface area contributed by atoms with E-state index < -0.39 is 5.60 Å². The highest BCUT2D eigenvalue weighted by Gasteiger charge is 2.27. The predicted octanol–water partition coefficient (Wildman–Crippen LogP) is 4.52. The maximum Gasteiger partial charge on any atom is 0.407 e. The molecule has 0 atom stereocenters. The van der Waals surface area contributed by atoms with Crippen LogP contribution in [0, 0.1) is 5.92 Å². The summed E-state index contributed by atoms with van der Waals surface area (Å²) < 4.78 is 18.7. The van der Waals surface area contributed by atoms with Gasteiger partial charge in [-0.25, -0.2) is 9.10 Å². The van der Waals surface area contributed by atoms with Crippen LogP contribution in [0.1, 0.15) is 46.5 Å². The molecule has 2 fully saturated rings. The van der Waals surface area contributed by atoms with E-state index in [-0.39, 0.29) is 18.4 Å². The van der Waals surface area contributed by atoms with Crippen LogP contribution in [0.3, 0.4) is 0 Å². The van der Waals surface area contributed by atoms with Gasteiger partial charge < -0.3 is 24.4 Å². The van der Waals surface area contributed by atoms with Gasteiger partial charge in [0.25, 0.3) is 0 Å². The molecule has 2 aliphatic heterocycles. The number of amides is 1. The van der Waals surface area contributed by atoms with E-state index in [0.29, 0.717) is 5.92 Å². The fourth-order valence-corrected chi connectivity index (χ4v) is 5.37. The first kappa shape index (κ1) is 25.1. The second-order valence-corrected chi connectivity index (χ2v) is 10.8. The zero-order valence-corrected chi connectivity index (χ0v) is 21.0. The van der Waals surface area contributed by atoms with Crippen LogP contribution in [0.2, 0.25) is 0 Å². The van der Waals surface area contributed by atoms with Crippen LogP contribution in [-0.4, -0.2) is 68.7 Å². The monoisotopic (exact) mass is 465 g/mol. The standard InChI is InChI=1S/C24H39N3O4S/c1-24(2,3)31-23(28)25-19-11-15-27(16-12-19)32-21-8-6-7-20(17-21)26-13-9-18(10-14-26)22(29-4)30-5/h6-8,17-19,22H,9-16H2,1-5H3,(H,25,28). The Bertz CT molecular complexity index is 722. The minimum atomic E-state index is -0.462. The number of anilines is 1. The number of benzene rings is 1. The van der Waals surface area contributed by atoms with Gasteiger partial charge in [0.2, 0.25) is 0 Å². The Labute approximate surface area is 197 Å². The van der Waals surface area contributed by atoms with E-state index in [1.165, 1.54) is 10.6 Å². The number of carbonyl (C=O) groups excluding carboxylic acids is 1. The van der Waals surface area contributed by atoms with Gasteiger partial charge in [-0.15, -0.1) is 0 Å². The lowest BCUT2D eigenvalue weighted by atomic mass is 9.95. The maximum absolute atomic E-state index is 12.0. The molecule has 2 aliphatic rings. The first-order valence-corrected chi connectivity index (χ1v) is 12.4. The first-order chi connectivity index (χ1) is 15.3. The van der Waals surface area contributed by atoms with Crippen molar-refractivity contribution in [3.63, 3.8) is 0 Å². The van der Waals surface area contributed by atoms with Gasteiger partial charge in [-0.1, -0.05) is 6.07 Å². The number of nitrogens with one attached hydrogen (secondary N) is 1. The Morgan fingerprint density at radius 3 is 2.31 bits per heavy atom. The van der Waals surface area contributed by atoms with Gasteiger partial charge in [0, 0.05) is 62.9 Å². The molecule has 1 N–H and O–H groups in total. The molecule has 0 bridgehead atoms. The minimum absolute atomic E-state index is 0.105. The molecule has 32 heavy (non-hydrogen) atoms. The highest BCUT2D eigenvalue weighted by atomic mass is 32.2. The van der Waals surface area contributed by atoms with Gasteiger partial charge in [0.1, 0.15) is 5.60 Å². The molecule has 0 aromatic heterocycles. The largest absolute Gasteiger partial charge is 0.444 e. The van der Waals surface area contributed by atoms with Crippen LogP contribution in [0.25, 0.3) is 0 Å². The number of alkyl carbamates (subject to hydrolysis) is 1. The van der Waals surface area contributed by atoms with E-state index in [0.717, 1.165) is 51.9 Å². The zero-order valence-electron chi connectivity index (χ0n) is 20.1. The number of hydrogen-bond donors (Lipinski definition) is 1. The summed E-state index contributed by atoms with van der Waals surface area (Å²) in [7, 11) is 3.44. The van der Waals surface area contributed by atoms with Crippen LogP contribution in [-0.2, 0) is 14.2 Å². The van der Waals surface area contributed by atoms with Crippen molar-refractivity contribution in [3.8, 4) is 0 Å². The molecule has 2 saturated heterocycles. The van der Waals surface area contributed by atoms with Gasteiger partial charge in [0.15, 0.2) is 6.29 Å². The van der Waals surface area contributed by atoms with Crippen molar-refractivity contribution in [2.45, 2.75) is 69.3 Å². The van der Waals surface area contributed by atoms with Gasteiger partial charge in [-0.2, -0.15) is 0 Å². The third kappa shape index (κ3) is 7.54. The molecule has 8 heteroatoms.